The van der Waals surface area contributed by atoms with Crippen LogP contribution in [-0.4, -0.2) is 57.7 Å². The highest BCUT2D eigenvalue weighted by Crippen LogP contribution is 2.43. The van der Waals surface area contributed by atoms with Crippen molar-refractivity contribution >= 4 is 11.8 Å². The number of benzene rings is 1. The molecule has 0 aromatic heterocycles. The molecule has 1 aliphatic rings. The van der Waals surface area contributed by atoms with Crippen LogP contribution in [0.2, 0.25) is 0 Å². The van der Waals surface area contributed by atoms with E-state index in [2.05, 4.69) is 5.32 Å². The Balaban J connectivity index is 2.39. The lowest BCUT2D eigenvalue weighted by molar-refractivity contribution is -0.131. The average Bonchev–Trinajstić information content (AvgIpc) is 3.16. The number of amides is 2. The van der Waals surface area contributed by atoms with Crippen molar-refractivity contribution in [3.8, 4) is 17.2 Å². The van der Waals surface area contributed by atoms with Gasteiger partial charge >= 0.3 is 0 Å². The summed E-state index contributed by atoms with van der Waals surface area (Å²) in [7, 11) is 4.70. The summed E-state index contributed by atoms with van der Waals surface area (Å²) in [6, 6.07) is 3.76. The van der Waals surface area contributed by atoms with Crippen molar-refractivity contribution in [2.24, 2.45) is 11.8 Å². The van der Waals surface area contributed by atoms with E-state index < -0.39 is 0 Å². The lowest BCUT2D eigenvalue weighted by atomic mass is 9.88. The molecule has 162 valence electrons. The first-order valence-corrected chi connectivity index (χ1v) is 10.2. The van der Waals surface area contributed by atoms with Gasteiger partial charge in [-0.05, 0) is 30.0 Å². The Morgan fingerprint density at radius 2 is 1.72 bits per heavy atom. The van der Waals surface area contributed by atoms with Crippen LogP contribution in [0.4, 0.5) is 0 Å². The molecule has 2 amide bonds. The number of likely N-dealkylation sites (tertiary alicyclic amines) is 1. The number of nitrogens with zero attached hydrogens (tertiary/aromatic N) is 1. The number of methoxy groups -OCH3 is 3. The van der Waals surface area contributed by atoms with E-state index in [1.54, 1.807) is 21.3 Å². The van der Waals surface area contributed by atoms with Crippen LogP contribution < -0.4 is 19.5 Å². The summed E-state index contributed by atoms with van der Waals surface area (Å²) in [6.07, 6.45) is 1.34. The first-order valence-electron chi connectivity index (χ1n) is 10.2. The predicted molar refractivity (Wildman–Crippen MR) is 112 cm³/mol. The molecule has 2 atom stereocenters. The van der Waals surface area contributed by atoms with E-state index in [1.165, 1.54) is 0 Å². The van der Waals surface area contributed by atoms with Crippen molar-refractivity contribution in [3.63, 3.8) is 0 Å². The summed E-state index contributed by atoms with van der Waals surface area (Å²) < 4.78 is 16.4. The number of ether oxygens (including phenoxy) is 3. The van der Waals surface area contributed by atoms with E-state index in [0.29, 0.717) is 43.3 Å². The summed E-state index contributed by atoms with van der Waals surface area (Å²) in [6.45, 7) is 7.60. The molecular weight excluding hydrogens is 372 g/mol. The average molecular weight is 407 g/mol. The minimum absolute atomic E-state index is 0.0227. The molecule has 1 N–H and O–H groups in total. The molecule has 1 aliphatic heterocycles. The molecule has 0 bridgehead atoms. The van der Waals surface area contributed by atoms with E-state index in [1.807, 2.05) is 37.8 Å². The maximum absolute atomic E-state index is 12.9. The van der Waals surface area contributed by atoms with Gasteiger partial charge in [-0.3, -0.25) is 9.59 Å². The fourth-order valence-corrected chi connectivity index (χ4v) is 3.78. The minimum atomic E-state index is -0.319. The van der Waals surface area contributed by atoms with Gasteiger partial charge in [0.15, 0.2) is 11.5 Å². The molecule has 1 aromatic rings. The Hall–Kier alpha value is -2.44. The number of rotatable bonds is 9. The fraction of sp³-hybridized carbons (Fsp3) is 0.636. The largest absolute Gasteiger partial charge is 0.493 e. The Bertz CT molecular complexity index is 694. The number of carbonyl (C=O) groups excluding carboxylic acids is 2. The van der Waals surface area contributed by atoms with Crippen LogP contribution in [0, 0.1) is 11.8 Å². The molecule has 0 unspecified atom stereocenters. The Morgan fingerprint density at radius 1 is 1.10 bits per heavy atom. The molecular formula is C22H34N2O5. The molecule has 7 nitrogen and oxygen atoms in total. The minimum Gasteiger partial charge on any atom is -0.493 e. The van der Waals surface area contributed by atoms with E-state index in [4.69, 9.17) is 14.2 Å². The predicted octanol–water partition coefficient (Wildman–Crippen LogP) is 2.83. The van der Waals surface area contributed by atoms with Gasteiger partial charge in [0, 0.05) is 32.0 Å². The van der Waals surface area contributed by atoms with Crippen molar-refractivity contribution < 1.29 is 23.8 Å². The topological polar surface area (TPSA) is 77.1 Å². The highest BCUT2D eigenvalue weighted by Gasteiger charge is 2.41. The SMILES string of the molecule is CCCNC(=O)[C@H]1CN(C(=O)CC(C)C)C[C@@H]1c1cc(OC)c(OC)c(OC)c1. The Labute approximate surface area is 173 Å². The molecule has 2 rings (SSSR count). The van der Waals surface area contributed by atoms with Crippen LogP contribution >= 0.6 is 0 Å². The number of hydrogen-bond acceptors (Lipinski definition) is 5. The van der Waals surface area contributed by atoms with Gasteiger partial charge in [-0.1, -0.05) is 20.8 Å². The summed E-state index contributed by atoms with van der Waals surface area (Å²) in [5.41, 5.74) is 0.899. The maximum Gasteiger partial charge on any atom is 0.225 e. The van der Waals surface area contributed by atoms with Crippen molar-refractivity contribution in [3.05, 3.63) is 17.7 Å². The number of hydrogen-bond donors (Lipinski definition) is 1. The van der Waals surface area contributed by atoms with Crippen molar-refractivity contribution in [2.45, 2.75) is 39.5 Å². The van der Waals surface area contributed by atoms with E-state index in [9.17, 15) is 9.59 Å². The molecule has 29 heavy (non-hydrogen) atoms. The lowest BCUT2D eigenvalue weighted by Crippen LogP contribution is -2.36. The standard InChI is InChI=1S/C22H34N2O5/c1-7-8-23-22(26)17-13-24(20(25)9-14(2)3)12-16(17)15-10-18(27-4)21(29-6)19(11-15)28-5/h10-11,14,16-17H,7-9,12-13H2,1-6H3,(H,23,26)/t16-,17+/m1/s1. The normalized spacial score (nSPS) is 18.7. The molecule has 1 fully saturated rings. The van der Waals surface area contributed by atoms with Gasteiger partial charge in [0.1, 0.15) is 0 Å². The first kappa shape index (κ1) is 22.8. The van der Waals surface area contributed by atoms with Gasteiger partial charge in [0.2, 0.25) is 17.6 Å². The van der Waals surface area contributed by atoms with Gasteiger partial charge in [-0.25, -0.2) is 0 Å². The van der Waals surface area contributed by atoms with Crippen LogP contribution in [0.25, 0.3) is 0 Å². The molecule has 1 aromatic carbocycles. The third kappa shape index (κ3) is 5.34. The van der Waals surface area contributed by atoms with E-state index in [0.717, 1.165) is 12.0 Å². The van der Waals surface area contributed by atoms with Gasteiger partial charge in [0.25, 0.3) is 0 Å². The first-order chi connectivity index (χ1) is 13.9. The summed E-state index contributed by atoms with van der Waals surface area (Å²) in [4.78, 5) is 27.4. The Kier molecular flexibility index (Phi) is 8.17. The second kappa shape index (κ2) is 10.4. The van der Waals surface area contributed by atoms with Gasteiger partial charge < -0.3 is 24.4 Å². The Morgan fingerprint density at radius 3 is 2.21 bits per heavy atom. The third-order valence-electron chi connectivity index (χ3n) is 5.26. The smallest absolute Gasteiger partial charge is 0.225 e. The maximum atomic E-state index is 12.9. The van der Waals surface area contributed by atoms with E-state index >= 15 is 0 Å². The summed E-state index contributed by atoms with van der Waals surface area (Å²) in [5, 5.41) is 2.99. The summed E-state index contributed by atoms with van der Waals surface area (Å²) >= 11 is 0. The van der Waals surface area contributed by atoms with Crippen molar-refractivity contribution in [2.75, 3.05) is 41.0 Å². The number of nitrogens with one attached hydrogen (secondary N) is 1. The molecule has 1 heterocycles. The third-order valence-corrected chi connectivity index (χ3v) is 5.26. The monoisotopic (exact) mass is 406 g/mol. The summed E-state index contributed by atoms with van der Waals surface area (Å²) in [5.74, 6) is 1.47. The quantitative estimate of drug-likeness (QED) is 0.682. The molecule has 0 radical (unpaired) electrons. The van der Waals surface area contributed by atoms with Crippen molar-refractivity contribution in [1.29, 1.82) is 0 Å². The second-order valence-corrected chi connectivity index (χ2v) is 7.86. The van der Waals surface area contributed by atoms with Crippen molar-refractivity contribution in [1.82, 2.24) is 10.2 Å². The van der Waals surface area contributed by atoms with Gasteiger partial charge in [-0.15, -0.1) is 0 Å². The zero-order valence-electron chi connectivity index (χ0n) is 18.4. The molecule has 0 spiro atoms. The highest BCUT2D eigenvalue weighted by atomic mass is 16.5. The zero-order chi connectivity index (χ0) is 21.6. The number of carbonyl (C=O) groups is 2. The van der Waals surface area contributed by atoms with E-state index in [-0.39, 0.29) is 29.6 Å². The van der Waals surface area contributed by atoms with Crippen LogP contribution in [0.1, 0.15) is 45.1 Å². The second-order valence-electron chi connectivity index (χ2n) is 7.86. The van der Waals surface area contributed by atoms with Crippen LogP contribution in [0.5, 0.6) is 17.2 Å². The fourth-order valence-electron chi connectivity index (χ4n) is 3.78. The molecule has 0 aliphatic carbocycles. The highest BCUT2D eigenvalue weighted by molar-refractivity contribution is 5.83. The van der Waals surface area contributed by atoms with Crippen LogP contribution in [0.3, 0.4) is 0 Å². The lowest BCUT2D eigenvalue weighted by Gasteiger charge is -2.21. The van der Waals surface area contributed by atoms with Gasteiger partial charge in [-0.2, -0.15) is 0 Å². The molecule has 7 heteroatoms. The molecule has 1 saturated heterocycles. The van der Waals surface area contributed by atoms with Crippen LogP contribution in [-0.2, 0) is 9.59 Å². The molecule has 0 saturated carbocycles. The van der Waals surface area contributed by atoms with Gasteiger partial charge in [0.05, 0.1) is 27.2 Å². The zero-order valence-corrected chi connectivity index (χ0v) is 18.4. The van der Waals surface area contributed by atoms with Crippen LogP contribution in [0.15, 0.2) is 12.1 Å².